The normalized spacial score (nSPS) is 24.9. The van der Waals surface area contributed by atoms with Crippen LogP contribution in [0.4, 0.5) is 0 Å². The molecule has 0 amide bonds. The van der Waals surface area contributed by atoms with E-state index in [1.807, 2.05) is 0 Å². The molecule has 1 aromatic rings. The first-order valence-corrected chi connectivity index (χ1v) is 6.32. The highest BCUT2D eigenvalue weighted by Crippen LogP contribution is 2.24. The van der Waals surface area contributed by atoms with Crippen LogP contribution in [-0.4, -0.2) is 29.2 Å². The van der Waals surface area contributed by atoms with E-state index < -0.39 is 0 Å². The van der Waals surface area contributed by atoms with Gasteiger partial charge in [-0.25, -0.2) is 0 Å². The summed E-state index contributed by atoms with van der Waals surface area (Å²) in [7, 11) is 0. The maximum absolute atomic E-state index is 9.49. The Morgan fingerprint density at radius 3 is 2.94 bits per heavy atom. The first kappa shape index (κ1) is 10.3. The predicted molar refractivity (Wildman–Crippen MR) is 64.4 cm³/mol. The van der Waals surface area contributed by atoms with Crippen molar-refractivity contribution in [2.45, 2.75) is 38.3 Å². The van der Waals surface area contributed by atoms with E-state index in [0.717, 1.165) is 26.1 Å². The van der Waals surface area contributed by atoms with Gasteiger partial charge in [0, 0.05) is 19.6 Å². The molecule has 1 fully saturated rings. The lowest BCUT2D eigenvalue weighted by atomic mass is 10.1. The molecule has 1 atom stereocenters. The van der Waals surface area contributed by atoms with Crippen LogP contribution in [0.25, 0.3) is 0 Å². The van der Waals surface area contributed by atoms with E-state index in [9.17, 15) is 5.11 Å². The zero-order valence-electron chi connectivity index (χ0n) is 9.65. The van der Waals surface area contributed by atoms with Crippen molar-refractivity contribution in [1.82, 2.24) is 4.90 Å². The maximum Gasteiger partial charge on any atom is 0.0679 e. The van der Waals surface area contributed by atoms with Gasteiger partial charge < -0.3 is 5.11 Å². The molecule has 1 aliphatic carbocycles. The average molecular weight is 217 g/mol. The highest BCUT2D eigenvalue weighted by Gasteiger charge is 2.20. The average Bonchev–Trinajstić information content (AvgIpc) is 2.87. The summed E-state index contributed by atoms with van der Waals surface area (Å²) in [5.74, 6) is 0. The molecule has 1 aliphatic heterocycles. The SMILES string of the molecule is O[C@@H]1CCN(Cc2ccc3c(c2)CCC3)C1. The fourth-order valence-electron chi connectivity index (χ4n) is 2.94. The molecule has 1 N–H and O–H groups in total. The third kappa shape index (κ3) is 2.00. The van der Waals surface area contributed by atoms with Crippen molar-refractivity contribution in [1.29, 1.82) is 0 Å². The summed E-state index contributed by atoms with van der Waals surface area (Å²) in [4.78, 5) is 2.35. The largest absolute Gasteiger partial charge is 0.392 e. The molecule has 16 heavy (non-hydrogen) atoms. The quantitative estimate of drug-likeness (QED) is 0.815. The molecule has 1 aromatic carbocycles. The maximum atomic E-state index is 9.49. The van der Waals surface area contributed by atoms with Crippen molar-refractivity contribution in [2.75, 3.05) is 13.1 Å². The van der Waals surface area contributed by atoms with E-state index in [4.69, 9.17) is 0 Å². The zero-order chi connectivity index (χ0) is 11.0. The van der Waals surface area contributed by atoms with Gasteiger partial charge in [0.25, 0.3) is 0 Å². The van der Waals surface area contributed by atoms with Gasteiger partial charge in [0.2, 0.25) is 0 Å². The number of fused-ring (bicyclic) bond motifs is 1. The summed E-state index contributed by atoms with van der Waals surface area (Å²) in [5, 5.41) is 9.49. The summed E-state index contributed by atoms with van der Waals surface area (Å²) in [5.41, 5.74) is 4.51. The molecule has 1 heterocycles. The minimum absolute atomic E-state index is 0.102. The van der Waals surface area contributed by atoms with E-state index in [1.54, 1.807) is 11.1 Å². The van der Waals surface area contributed by atoms with E-state index >= 15 is 0 Å². The number of aliphatic hydroxyl groups excluding tert-OH is 1. The lowest BCUT2D eigenvalue weighted by Gasteiger charge is -2.15. The molecular weight excluding hydrogens is 198 g/mol. The van der Waals surface area contributed by atoms with Crippen LogP contribution in [-0.2, 0) is 19.4 Å². The number of β-amino-alcohol motifs (C(OH)–C–C–N with tert-alkyl or cyclic N) is 1. The van der Waals surface area contributed by atoms with Crippen molar-refractivity contribution >= 4 is 0 Å². The Hall–Kier alpha value is -0.860. The number of nitrogens with zero attached hydrogens (tertiary/aromatic N) is 1. The van der Waals surface area contributed by atoms with Gasteiger partial charge in [0.1, 0.15) is 0 Å². The van der Waals surface area contributed by atoms with Gasteiger partial charge in [-0.2, -0.15) is 0 Å². The number of aliphatic hydroxyl groups is 1. The van der Waals surface area contributed by atoms with Crippen molar-refractivity contribution < 1.29 is 5.11 Å². The van der Waals surface area contributed by atoms with E-state index in [0.29, 0.717) is 0 Å². The molecular formula is C14H19NO. The summed E-state index contributed by atoms with van der Waals surface area (Å²) < 4.78 is 0. The van der Waals surface area contributed by atoms with Crippen molar-refractivity contribution in [3.8, 4) is 0 Å². The Kier molecular flexibility index (Phi) is 2.70. The van der Waals surface area contributed by atoms with Gasteiger partial charge in [-0.15, -0.1) is 0 Å². The third-order valence-electron chi connectivity index (χ3n) is 3.82. The molecule has 86 valence electrons. The molecule has 0 unspecified atom stereocenters. The Morgan fingerprint density at radius 1 is 1.25 bits per heavy atom. The molecule has 2 nitrogen and oxygen atoms in total. The minimum Gasteiger partial charge on any atom is -0.392 e. The lowest BCUT2D eigenvalue weighted by Crippen LogP contribution is -2.21. The predicted octanol–water partition coefficient (Wildman–Crippen LogP) is 1.74. The van der Waals surface area contributed by atoms with Gasteiger partial charge >= 0.3 is 0 Å². The molecule has 3 rings (SSSR count). The highest BCUT2D eigenvalue weighted by atomic mass is 16.3. The number of benzene rings is 1. The van der Waals surface area contributed by atoms with E-state index in [-0.39, 0.29) is 6.10 Å². The van der Waals surface area contributed by atoms with Gasteiger partial charge in [-0.1, -0.05) is 18.2 Å². The summed E-state index contributed by atoms with van der Waals surface area (Å²) in [6.45, 7) is 2.89. The van der Waals surface area contributed by atoms with Crippen molar-refractivity contribution in [3.63, 3.8) is 0 Å². The smallest absolute Gasteiger partial charge is 0.0679 e. The van der Waals surface area contributed by atoms with Crippen LogP contribution in [0.2, 0.25) is 0 Å². The first-order chi connectivity index (χ1) is 7.81. The zero-order valence-corrected chi connectivity index (χ0v) is 9.65. The van der Waals surface area contributed by atoms with Crippen LogP contribution in [0.3, 0.4) is 0 Å². The van der Waals surface area contributed by atoms with Gasteiger partial charge in [-0.05, 0) is 42.4 Å². The first-order valence-electron chi connectivity index (χ1n) is 6.32. The van der Waals surface area contributed by atoms with Crippen LogP contribution in [0.15, 0.2) is 18.2 Å². The molecule has 2 aliphatic rings. The fraction of sp³-hybridized carbons (Fsp3) is 0.571. The topological polar surface area (TPSA) is 23.5 Å². The Balaban J connectivity index is 1.71. The van der Waals surface area contributed by atoms with Crippen molar-refractivity contribution in [3.05, 3.63) is 34.9 Å². The van der Waals surface area contributed by atoms with Gasteiger partial charge in [0.15, 0.2) is 0 Å². The van der Waals surface area contributed by atoms with Crippen LogP contribution in [0.5, 0.6) is 0 Å². The monoisotopic (exact) mass is 217 g/mol. The van der Waals surface area contributed by atoms with Crippen molar-refractivity contribution in [2.24, 2.45) is 0 Å². The number of rotatable bonds is 2. The van der Waals surface area contributed by atoms with Crippen LogP contribution in [0.1, 0.15) is 29.5 Å². The summed E-state index contributed by atoms with van der Waals surface area (Å²) in [6.07, 6.45) is 4.67. The molecule has 0 saturated carbocycles. The van der Waals surface area contributed by atoms with Crippen LogP contribution >= 0.6 is 0 Å². The Labute approximate surface area is 96.9 Å². The van der Waals surface area contributed by atoms with E-state index in [1.165, 1.54) is 24.8 Å². The Bertz CT molecular complexity index is 388. The van der Waals surface area contributed by atoms with Crippen LogP contribution < -0.4 is 0 Å². The molecule has 2 heteroatoms. The summed E-state index contributed by atoms with van der Waals surface area (Å²) >= 11 is 0. The number of aryl methyl sites for hydroxylation is 2. The number of hydrogen-bond donors (Lipinski definition) is 1. The molecule has 0 aromatic heterocycles. The second-order valence-corrected chi connectivity index (χ2v) is 5.13. The van der Waals surface area contributed by atoms with E-state index in [2.05, 4.69) is 23.1 Å². The molecule has 0 bridgehead atoms. The number of hydrogen-bond acceptors (Lipinski definition) is 2. The number of likely N-dealkylation sites (tertiary alicyclic amines) is 1. The second-order valence-electron chi connectivity index (χ2n) is 5.13. The molecule has 1 saturated heterocycles. The lowest BCUT2D eigenvalue weighted by molar-refractivity contribution is 0.175. The standard InChI is InChI=1S/C14H19NO/c16-14-6-7-15(10-14)9-11-4-5-12-2-1-3-13(12)8-11/h4-5,8,14,16H,1-3,6-7,9-10H2/t14-/m1/s1. The third-order valence-corrected chi connectivity index (χ3v) is 3.82. The summed E-state index contributed by atoms with van der Waals surface area (Å²) in [6, 6.07) is 6.92. The minimum atomic E-state index is -0.102. The molecule has 0 spiro atoms. The molecule has 0 radical (unpaired) electrons. The van der Waals surface area contributed by atoms with Gasteiger partial charge in [0.05, 0.1) is 6.10 Å². The van der Waals surface area contributed by atoms with Gasteiger partial charge in [-0.3, -0.25) is 4.90 Å². The Morgan fingerprint density at radius 2 is 2.12 bits per heavy atom. The highest BCUT2D eigenvalue weighted by molar-refractivity contribution is 5.35. The fourth-order valence-corrected chi connectivity index (χ4v) is 2.94. The van der Waals surface area contributed by atoms with Crippen LogP contribution in [0, 0.1) is 0 Å². The second kappa shape index (κ2) is 4.19.